The molecule has 0 aromatic heterocycles. The molecule has 11 heavy (non-hydrogen) atoms. The molecule has 3 heteroatoms. The van der Waals surface area contributed by atoms with Crippen molar-refractivity contribution in [3.05, 3.63) is 12.2 Å². The number of Topliss-reactive ketones (excluding diaryl/α,β-unsaturated/α-hetero) is 1. The molecule has 1 fully saturated rings. The zero-order valence-electron chi connectivity index (χ0n) is 6.42. The summed E-state index contributed by atoms with van der Waals surface area (Å²) in [6.45, 7) is 3.54. The fourth-order valence-electron chi connectivity index (χ4n) is 1.21. The minimum absolute atomic E-state index is 0.0135. The van der Waals surface area contributed by atoms with Crippen molar-refractivity contribution in [1.29, 1.82) is 0 Å². The van der Waals surface area contributed by atoms with Crippen molar-refractivity contribution in [2.75, 3.05) is 7.11 Å². The molecule has 1 aliphatic rings. The lowest BCUT2D eigenvalue weighted by Gasteiger charge is -2.05. The summed E-state index contributed by atoms with van der Waals surface area (Å²) in [5.41, 5.74) is 0.400. The van der Waals surface area contributed by atoms with Crippen molar-refractivity contribution in [2.24, 2.45) is 5.92 Å². The van der Waals surface area contributed by atoms with Crippen LogP contribution in [0.1, 0.15) is 12.8 Å². The minimum atomic E-state index is -0.382. The highest BCUT2D eigenvalue weighted by Gasteiger charge is 2.32. The van der Waals surface area contributed by atoms with Gasteiger partial charge >= 0.3 is 5.97 Å². The summed E-state index contributed by atoms with van der Waals surface area (Å²) < 4.78 is 4.50. The number of esters is 1. The van der Waals surface area contributed by atoms with Crippen molar-refractivity contribution in [3.8, 4) is 0 Å². The lowest BCUT2D eigenvalue weighted by Crippen LogP contribution is -2.14. The monoisotopic (exact) mass is 154 g/mol. The summed E-state index contributed by atoms with van der Waals surface area (Å²) in [6, 6.07) is 0. The average molecular weight is 154 g/mol. The zero-order valence-corrected chi connectivity index (χ0v) is 6.42. The predicted molar refractivity (Wildman–Crippen MR) is 38.9 cm³/mol. The summed E-state index contributed by atoms with van der Waals surface area (Å²) in [5.74, 6) is -0.742. The Labute approximate surface area is 65.0 Å². The molecule has 1 aliphatic carbocycles. The molecular formula is C8H10O3. The zero-order chi connectivity index (χ0) is 8.43. The van der Waals surface area contributed by atoms with Crippen molar-refractivity contribution in [1.82, 2.24) is 0 Å². The van der Waals surface area contributed by atoms with E-state index in [9.17, 15) is 9.59 Å². The van der Waals surface area contributed by atoms with Crippen LogP contribution in [-0.4, -0.2) is 18.9 Å². The summed E-state index contributed by atoms with van der Waals surface area (Å²) >= 11 is 0. The van der Waals surface area contributed by atoms with Crippen LogP contribution in [0.4, 0.5) is 0 Å². The molecule has 0 aromatic carbocycles. The summed E-state index contributed by atoms with van der Waals surface area (Å²) in [5, 5.41) is 0. The molecule has 0 spiro atoms. The third kappa shape index (κ3) is 1.31. The Morgan fingerprint density at radius 2 is 2.36 bits per heavy atom. The van der Waals surface area contributed by atoms with Gasteiger partial charge in [0.25, 0.3) is 0 Å². The number of hydrogen-bond acceptors (Lipinski definition) is 3. The van der Waals surface area contributed by atoms with Crippen molar-refractivity contribution < 1.29 is 14.3 Å². The first kappa shape index (κ1) is 7.98. The molecule has 0 aliphatic heterocycles. The van der Waals surface area contributed by atoms with Crippen molar-refractivity contribution >= 4 is 11.8 Å². The number of ketones is 1. The van der Waals surface area contributed by atoms with Gasteiger partial charge in [-0.1, -0.05) is 6.58 Å². The Kier molecular flexibility index (Phi) is 2.08. The van der Waals surface area contributed by atoms with Crippen LogP contribution in [-0.2, 0) is 14.3 Å². The second-order valence-electron chi connectivity index (χ2n) is 2.56. The number of carbonyl (C=O) groups is 2. The van der Waals surface area contributed by atoms with Crippen LogP contribution < -0.4 is 0 Å². The molecule has 0 saturated heterocycles. The fourth-order valence-corrected chi connectivity index (χ4v) is 1.21. The molecule has 0 heterocycles. The second-order valence-corrected chi connectivity index (χ2v) is 2.56. The standard InChI is InChI=1S/C8H10O3/c1-5-6(8(10)11-2)3-4-7(5)9/h6H,1,3-4H2,2H3/t6-/m0/s1. The number of hydrogen-bond donors (Lipinski definition) is 0. The predicted octanol–water partition coefficient (Wildman–Crippen LogP) is 0.695. The van der Waals surface area contributed by atoms with Gasteiger partial charge in [0, 0.05) is 12.0 Å². The van der Waals surface area contributed by atoms with Crippen LogP contribution in [0.5, 0.6) is 0 Å². The molecule has 0 amide bonds. The lowest BCUT2D eigenvalue weighted by molar-refractivity contribution is -0.144. The summed E-state index contributed by atoms with van der Waals surface area (Å²) in [4.78, 5) is 21.8. The van der Waals surface area contributed by atoms with Gasteiger partial charge in [0.15, 0.2) is 5.78 Å². The third-order valence-electron chi connectivity index (χ3n) is 1.92. The van der Waals surface area contributed by atoms with Crippen molar-refractivity contribution in [2.45, 2.75) is 12.8 Å². The van der Waals surface area contributed by atoms with Crippen LogP contribution >= 0.6 is 0 Å². The minimum Gasteiger partial charge on any atom is -0.469 e. The molecule has 1 rings (SSSR count). The van der Waals surface area contributed by atoms with E-state index < -0.39 is 0 Å². The molecule has 0 N–H and O–H groups in total. The number of ether oxygens (including phenoxy) is 1. The smallest absolute Gasteiger partial charge is 0.313 e. The second kappa shape index (κ2) is 2.86. The number of carbonyl (C=O) groups excluding carboxylic acids is 2. The SMILES string of the molecule is C=C1C(=O)CC[C@@H]1C(=O)OC. The molecule has 0 aromatic rings. The fraction of sp³-hybridized carbons (Fsp3) is 0.500. The topological polar surface area (TPSA) is 43.4 Å². The van der Waals surface area contributed by atoms with E-state index in [2.05, 4.69) is 11.3 Å². The Morgan fingerprint density at radius 1 is 1.73 bits per heavy atom. The highest BCUT2D eigenvalue weighted by Crippen LogP contribution is 2.27. The number of methoxy groups -OCH3 is 1. The first-order valence-electron chi connectivity index (χ1n) is 3.46. The molecule has 60 valence electrons. The Morgan fingerprint density at radius 3 is 2.73 bits per heavy atom. The van der Waals surface area contributed by atoms with Crippen LogP contribution in [0, 0.1) is 5.92 Å². The molecule has 0 unspecified atom stereocenters. The molecule has 0 bridgehead atoms. The molecule has 1 atom stereocenters. The average Bonchev–Trinajstić information content (AvgIpc) is 2.32. The van der Waals surface area contributed by atoms with Crippen molar-refractivity contribution in [3.63, 3.8) is 0 Å². The Bertz CT molecular complexity index is 217. The lowest BCUT2D eigenvalue weighted by atomic mass is 10.1. The van der Waals surface area contributed by atoms with Crippen LogP contribution in [0.2, 0.25) is 0 Å². The van der Waals surface area contributed by atoms with E-state index in [1.165, 1.54) is 7.11 Å². The molecule has 0 radical (unpaired) electrons. The number of rotatable bonds is 1. The van der Waals surface area contributed by atoms with E-state index in [0.29, 0.717) is 18.4 Å². The van der Waals surface area contributed by atoms with E-state index >= 15 is 0 Å². The Hall–Kier alpha value is -1.12. The maximum atomic E-state index is 10.9. The summed E-state index contributed by atoms with van der Waals surface area (Å²) in [6.07, 6.45) is 0.989. The Balaban J connectivity index is 2.69. The normalized spacial score (nSPS) is 23.9. The summed E-state index contributed by atoms with van der Waals surface area (Å²) in [7, 11) is 1.32. The van der Waals surface area contributed by atoms with Crippen LogP contribution in [0.3, 0.4) is 0 Å². The van der Waals surface area contributed by atoms with Crippen LogP contribution in [0.15, 0.2) is 12.2 Å². The largest absolute Gasteiger partial charge is 0.469 e. The van der Waals surface area contributed by atoms with E-state index in [1.54, 1.807) is 0 Å². The van der Waals surface area contributed by atoms with Crippen LogP contribution in [0.25, 0.3) is 0 Å². The van der Waals surface area contributed by atoms with Gasteiger partial charge in [-0.2, -0.15) is 0 Å². The quantitative estimate of drug-likeness (QED) is 0.412. The van der Waals surface area contributed by atoms with Gasteiger partial charge in [0.1, 0.15) is 0 Å². The molecule has 1 saturated carbocycles. The first-order valence-corrected chi connectivity index (χ1v) is 3.46. The van der Waals surface area contributed by atoms with E-state index in [0.717, 1.165) is 0 Å². The van der Waals surface area contributed by atoms with E-state index in [-0.39, 0.29) is 17.7 Å². The highest BCUT2D eigenvalue weighted by molar-refractivity contribution is 6.02. The first-order chi connectivity index (χ1) is 5.16. The van der Waals surface area contributed by atoms with Gasteiger partial charge < -0.3 is 4.74 Å². The highest BCUT2D eigenvalue weighted by atomic mass is 16.5. The third-order valence-corrected chi connectivity index (χ3v) is 1.92. The van der Waals surface area contributed by atoms with Gasteiger partial charge in [-0.25, -0.2) is 0 Å². The molecule has 3 nitrogen and oxygen atoms in total. The molecular weight excluding hydrogens is 144 g/mol. The van der Waals surface area contributed by atoms with Gasteiger partial charge in [0.05, 0.1) is 13.0 Å². The van der Waals surface area contributed by atoms with Gasteiger partial charge in [-0.15, -0.1) is 0 Å². The van der Waals surface area contributed by atoms with Gasteiger partial charge in [-0.3, -0.25) is 9.59 Å². The maximum absolute atomic E-state index is 10.9. The van der Waals surface area contributed by atoms with E-state index in [4.69, 9.17) is 0 Å². The van der Waals surface area contributed by atoms with E-state index in [1.807, 2.05) is 0 Å². The van der Waals surface area contributed by atoms with Gasteiger partial charge in [-0.05, 0) is 6.42 Å². The van der Waals surface area contributed by atoms with Gasteiger partial charge in [0.2, 0.25) is 0 Å². The maximum Gasteiger partial charge on any atom is 0.313 e.